The van der Waals surface area contributed by atoms with Crippen molar-refractivity contribution in [2.45, 2.75) is 25.3 Å². The number of hydrogen-bond acceptors (Lipinski definition) is 3. The van der Waals surface area contributed by atoms with Gasteiger partial charge in [-0.05, 0) is 48.2 Å². The van der Waals surface area contributed by atoms with Crippen LogP contribution in [-0.4, -0.2) is 28.6 Å². The number of pyridine rings is 1. The van der Waals surface area contributed by atoms with Gasteiger partial charge in [0.1, 0.15) is 16.8 Å². The molecule has 1 heterocycles. The molecular formula is C17H14ClF3N4. The molecule has 2 N–H and O–H groups in total. The summed E-state index contributed by atoms with van der Waals surface area (Å²) in [6.07, 6.45) is 2.36. The average molecular weight is 367 g/mol. The van der Waals surface area contributed by atoms with Gasteiger partial charge in [0, 0.05) is 17.2 Å². The second kappa shape index (κ2) is 6.84. The van der Waals surface area contributed by atoms with Crippen LogP contribution in [0.2, 0.25) is 5.15 Å². The van der Waals surface area contributed by atoms with E-state index < -0.39 is 18.2 Å². The molecule has 130 valence electrons. The lowest BCUT2D eigenvalue weighted by Crippen LogP contribution is -2.34. The first-order valence-electron chi connectivity index (χ1n) is 7.54. The molecular weight excluding hydrogens is 353 g/mol. The molecule has 1 saturated carbocycles. The lowest BCUT2D eigenvalue weighted by atomic mass is 9.98. The minimum atomic E-state index is -3.08. The topological polar surface area (TPSA) is 63.8 Å². The van der Waals surface area contributed by atoms with Crippen LogP contribution in [0.5, 0.6) is 0 Å². The summed E-state index contributed by atoms with van der Waals surface area (Å²) in [4.78, 5) is 4.42. The van der Waals surface area contributed by atoms with Crippen LogP contribution in [0.3, 0.4) is 0 Å². The molecule has 1 aromatic heterocycles. The zero-order valence-electron chi connectivity index (χ0n) is 12.9. The molecule has 0 atom stereocenters. The molecule has 8 heteroatoms. The van der Waals surface area contributed by atoms with E-state index in [1.54, 1.807) is 12.1 Å². The quantitative estimate of drug-likeness (QED) is 0.343. The minimum Gasteiger partial charge on any atom is -0.291 e. The normalized spacial score (nSPS) is 13.8. The van der Waals surface area contributed by atoms with Gasteiger partial charge in [-0.25, -0.2) is 9.37 Å². The van der Waals surface area contributed by atoms with E-state index in [0.717, 1.165) is 24.6 Å². The van der Waals surface area contributed by atoms with Crippen molar-refractivity contribution in [1.82, 2.24) is 9.88 Å². The fourth-order valence-electron chi connectivity index (χ4n) is 2.58. The van der Waals surface area contributed by atoms with E-state index in [9.17, 15) is 13.2 Å². The molecule has 1 fully saturated rings. The summed E-state index contributed by atoms with van der Waals surface area (Å²) in [6.45, 7) is -3.08. The van der Waals surface area contributed by atoms with E-state index in [2.05, 4.69) is 4.98 Å². The van der Waals surface area contributed by atoms with Crippen molar-refractivity contribution in [3.63, 3.8) is 0 Å². The van der Waals surface area contributed by atoms with Gasteiger partial charge < -0.3 is 0 Å². The van der Waals surface area contributed by atoms with Gasteiger partial charge in [-0.2, -0.15) is 8.78 Å². The van der Waals surface area contributed by atoms with Gasteiger partial charge in [0.05, 0.1) is 6.34 Å². The zero-order valence-corrected chi connectivity index (χ0v) is 13.7. The number of benzene rings is 1. The van der Waals surface area contributed by atoms with Crippen molar-refractivity contribution < 1.29 is 13.2 Å². The first-order chi connectivity index (χ1) is 11.9. The Bertz CT molecular complexity index is 837. The van der Waals surface area contributed by atoms with Gasteiger partial charge in [0.2, 0.25) is 0 Å². The smallest absolute Gasteiger partial charge is 0.291 e. The Morgan fingerprint density at radius 1 is 1.28 bits per heavy atom. The SMILES string of the molecule is N=CN(C(=N)c1cc(F)ccc1-c1cc(Cl)nc(C2CC2)c1)C(F)F. The van der Waals surface area contributed by atoms with Crippen molar-refractivity contribution in [2.24, 2.45) is 0 Å². The van der Waals surface area contributed by atoms with Gasteiger partial charge in [0.25, 0.3) is 0 Å². The van der Waals surface area contributed by atoms with Crippen molar-refractivity contribution >= 4 is 23.8 Å². The van der Waals surface area contributed by atoms with Crippen molar-refractivity contribution in [3.05, 3.63) is 52.6 Å². The van der Waals surface area contributed by atoms with Gasteiger partial charge in [-0.15, -0.1) is 0 Å². The molecule has 1 aliphatic rings. The monoisotopic (exact) mass is 366 g/mol. The Kier molecular flexibility index (Phi) is 4.76. The maximum Gasteiger partial charge on any atom is 0.321 e. The maximum atomic E-state index is 13.7. The Morgan fingerprint density at radius 3 is 2.60 bits per heavy atom. The fourth-order valence-corrected chi connectivity index (χ4v) is 2.80. The number of aromatic nitrogens is 1. The average Bonchev–Trinajstić information content (AvgIpc) is 3.39. The van der Waals surface area contributed by atoms with E-state index in [-0.39, 0.29) is 15.6 Å². The van der Waals surface area contributed by atoms with Crippen LogP contribution < -0.4 is 0 Å². The summed E-state index contributed by atoms with van der Waals surface area (Å²) < 4.78 is 39.7. The van der Waals surface area contributed by atoms with Crippen LogP contribution in [0.25, 0.3) is 11.1 Å². The molecule has 2 aromatic rings. The number of halogens is 4. The van der Waals surface area contributed by atoms with E-state index in [1.807, 2.05) is 0 Å². The van der Waals surface area contributed by atoms with Gasteiger partial charge in [0.15, 0.2) is 0 Å². The molecule has 3 rings (SSSR count). The van der Waals surface area contributed by atoms with Crippen LogP contribution in [-0.2, 0) is 0 Å². The number of alkyl halides is 2. The highest BCUT2D eigenvalue weighted by atomic mass is 35.5. The van der Waals surface area contributed by atoms with Crippen molar-refractivity contribution in [3.8, 4) is 11.1 Å². The first-order valence-corrected chi connectivity index (χ1v) is 7.92. The number of nitrogens with zero attached hydrogens (tertiary/aromatic N) is 2. The number of rotatable bonds is 5. The third kappa shape index (κ3) is 3.66. The third-order valence-corrected chi connectivity index (χ3v) is 4.16. The summed E-state index contributed by atoms with van der Waals surface area (Å²) in [7, 11) is 0. The summed E-state index contributed by atoms with van der Waals surface area (Å²) in [5.41, 5.74) is 1.70. The summed E-state index contributed by atoms with van der Waals surface area (Å²) >= 11 is 6.07. The summed E-state index contributed by atoms with van der Waals surface area (Å²) in [6, 6.07) is 6.93. The predicted octanol–water partition coefficient (Wildman–Crippen LogP) is 4.88. The summed E-state index contributed by atoms with van der Waals surface area (Å²) in [5.74, 6) is -1.01. The molecule has 0 unspecified atom stereocenters. The molecule has 0 aliphatic heterocycles. The largest absolute Gasteiger partial charge is 0.321 e. The summed E-state index contributed by atoms with van der Waals surface area (Å²) in [5, 5.41) is 15.3. The number of amidine groups is 1. The van der Waals surface area contributed by atoms with Crippen LogP contribution in [0.15, 0.2) is 30.3 Å². The molecule has 0 spiro atoms. The first kappa shape index (κ1) is 17.4. The van der Waals surface area contributed by atoms with E-state index >= 15 is 0 Å². The van der Waals surface area contributed by atoms with Crippen molar-refractivity contribution in [1.29, 1.82) is 10.8 Å². The third-order valence-electron chi connectivity index (χ3n) is 3.96. The number of hydrogen-bond donors (Lipinski definition) is 2. The highest BCUT2D eigenvalue weighted by Gasteiger charge is 2.27. The molecule has 0 saturated heterocycles. The highest BCUT2D eigenvalue weighted by molar-refractivity contribution is 6.29. The Balaban J connectivity index is 2.11. The van der Waals surface area contributed by atoms with Crippen LogP contribution in [0.1, 0.15) is 30.0 Å². The number of nitrogens with one attached hydrogen (secondary N) is 2. The maximum absolute atomic E-state index is 13.7. The Morgan fingerprint density at radius 2 is 2.00 bits per heavy atom. The molecule has 1 aromatic carbocycles. The molecule has 0 amide bonds. The Labute approximate surface area is 147 Å². The van der Waals surface area contributed by atoms with Gasteiger partial charge >= 0.3 is 6.55 Å². The van der Waals surface area contributed by atoms with Crippen LogP contribution in [0, 0.1) is 16.6 Å². The Hall–Kier alpha value is -2.41. The van der Waals surface area contributed by atoms with E-state index in [4.69, 9.17) is 22.4 Å². The fraction of sp³-hybridized carbons (Fsp3) is 0.235. The van der Waals surface area contributed by atoms with Gasteiger partial charge in [-0.1, -0.05) is 17.7 Å². The zero-order chi connectivity index (χ0) is 18.1. The van der Waals surface area contributed by atoms with Crippen LogP contribution in [0.4, 0.5) is 13.2 Å². The predicted molar refractivity (Wildman–Crippen MR) is 90.1 cm³/mol. The van der Waals surface area contributed by atoms with Crippen LogP contribution >= 0.6 is 11.6 Å². The standard InChI is InChI=1S/C17H14ClF3N4/c18-15-6-10(5-14(24-15)9-1-2-9)12-4-3-11(19)7-13(12)16(23)25(8-22)17(20)21/h3-9,17,22-23H,1-2H2. The second-order valence-corrected chi connectivity index (χ2v) is 6.12. The van der Waals surface area contributed by atoms with E-state index in [0.29, 0.717) is 23.4 Å². The molecule has 0 bridgehead atoms. The van der Waals surface area contributed by atoms with Crippen molar-refractivity contribution in [2.75, 3.05) is 0 Å². The minimum absolute atomic E-state index is 0.0483. The molecule has 1 aliphatic carbocycles. The highest BCUT2D eigenvalue weighted by Crippen LogP contribution is 2.41. The molecule has 25 heavy (non-hydrogen) atoms. The lowest BCUT2D eigenvalue weighted by Gasteiger charge is -2.21. The van der Waals surface area contributed by atoms with Gasteiger partial charge in [-0.3, -0.25) is 15.7 Å². The lowest BCUT2D eigenvalue weighted by molar-refractivity contribution is 0.0649. The second-order valence-electron chi connectivity index (χ2n) is 5.73. The molecule has 4 nitrogen and oxygen atoms in total. The van der Waals surface area contributed by atoms with E-state index in [1.165, 1.54) is 12.1 Å². The molecule has 0 radical (unpaired) electrons.